The Hall–Kier alpha value is -0.232. The zero-order valence-corrected chi connectivity index (χ0v) is 18.7. The van der Waals surface area contributed by atoms with Gasteiger partial charge in [0.15, 0.2) is 0 Å². The zero-order chi connectivity index (χ0) is 18.3. The van der Waals surface area contributed by atoms with Crippen LogP contribution in [0.3, 0.4) is 0 Å². The van der Waals surface area contributed by atoms with Gasteiger partial charge in [0.05, 0.1) is 0 Å². The molecule has 1 aromatic carbocycles. The molecule has 0 aromatic heterocycles. The Kier molecular flexibility index (Phi) is 18.1. The molecule has 1 fully saturated rings. The first-order chi connectivity index (χ1) is 11.0. The minimum Gasteiger partial charge on any atom is -0.393 e. The van der Waals surface area contributed by atoms with Crippen LogP contribution in [0, 0.1) is 6.92 Å². The summed E-state index contributed by atoms with van der Waals surface area (Å²) in [6.07, 6.45) is 0. The maximum Gasteiger partial charge on any atom is 0.466 e. The first-order valence-corrected chi connectivity index (χ1v) is 13.2. The molecule has 1 heterocycles. The lowest BCUT2D eigenvalue weighted by Gasteiger charge is -2.23. The molecule has 1 aliphatic rings. The van der Waals surface area contributed by atoms with E-state index in [1.165, 1.54) is 5.56 Å². The highest BCUT2D eigenvalue weighted by atomic mass is 28.5. The van der Waals surface area contributed by atoms with Gasteiger partial charge in [0.25, 0.3) is 0 Å². The molecular weight excluding hydrogens is 372 g/mol. The molecule has 1 aromatic rings. The van der Waals surface area contributed by atoms with Crippen molar-refractivity contribution in [3.8, 4) is 0 Å². The van der Waals surface area contributed by atoms with E-state index in [1.54, 1.807) is 0 Å². The summed E-state index contributed by atoms with van der Waals surface area (Å²) in [5.74, 6) is 0. The summed E-state index contributed by atoms with van der Waals surface area (Å²) in [6.45, 7) is 10.1. The van der Waals surface area contributed by atoms with E-state index >= 15 is 0 Å². The van der Waals surface area contributed by atoms with Crippen molar-refractivity contribution in [3.05, 3.63) is 35.9 Å². The average Bonchev–Trinajstić information content (AvgIpc) is 2.50. The van der Waals surface area contributed by atoms with E-state index < -0.39 is 38.1 Å². The van der Waals surface area contributed by atoms with Gasteiger partial charge in [0.2, 0.25) is 0 Å². The van der Waals surface area contributed by atoms with Crippen LogP contribution in [0.25, 0.3) is 0 Å². The van der Waals surface area contributed by atoms with E-state index in [1.807, 2.05) is 45.9 Å². The topological polar surface area (TPSA) is 118 Å². The molecule has 2 rings (SSSR count). The predicted molar refractivity (Wildman–Crippen MR) is 95.7 cm³/mol. The van der Waals surface area contributed by atoms with Gasteiger partial charge >= 0.3 is 38.1 Å². The van der Waals surface area contributed by atoms with Crippen molar-refractivity contribution < 1.29 is 35.6 Å². The van der Waals surface area contributed by atoms with Gasteiger partial charge in [-0.25, -0.2) is 0 Å². The minimum absolute atomic E-state index is 1.32. The van der Waals surface area contributed by atoms with E-state index in [4.69, 9.17) is 19.2 Å². The number of hydrogen-bond donors (Lipinski definition) is 4. The van der Waals surface area contributed by atoms with Crippen LogP contribution in [0.4, 0.5) is 0 Å². The number of rotatable bonds is 0. The second-order valence-electron chi connectivity index (χ2n) is 3.43. The Morgan fingerprint density at radius 2 is 0.870 bits per heavy atom. The van der Waals surface area contributed by atoms with Crippen molar-refractivity contribution in [3.63, 3.8) is 0 Å². The molecule has 0 radical (unpaired) electrons. The van der Waals surface area contributed by atoms with Gasteiger partial charge in [-0.05, 0) is 6.92 Å². The Bertz CT molecular complexity index is 321. The van der Waals surface area contributed by atoms with Gasteiger partial charge in [-0.3, -0.25) is 0 Å². The number of hydrogen-bond acceptors (Lipinski definition) is 8. The number of aryl methyl sites for hydroxylation is 1. The normalized spacial score (nSPS) is 26.7. The van der Waals surface area contributed by atoms with Crippen LogP contribution in [0.15, 0.2) is 30.3 Å². The number of benzene rings is 1. The second-order valence-corrected chi connectivity index (χ2v) is 10.2. The van der Waals surface area contributed by atoms with Crippen LogP contribution in [0.2, 0.25) is 0 Å². The zero-order valence-electron chi connectivity index (χ0n) is 14.1. The van der Waals surface area contributed by atoms with E-state index in [0.717, 1.165) is 0 Å². The van der Waals surface area contributed by atoms with Crippen LogP contribution >= 0.6 is 0 Å². The Labute approximate surface area is 144 Å². The molecule has 0 spiro atoms. The van der Waals surface area contributed by atoms with Crippen LogP contribution < -0.4 is 0 Å². The van der Waals surface area contributed by atoms with Crippen LogP contribution in [-0.2, 0) is 16.5 Å². The Balaban J connectivity index is 0. The van der Waals surface area contributed by atoms with Gasteiger partial charge in [-0.1, -0.05) is 63.6 Å². The van der Waals surface area contributed by atoms with Gasteiger partial charge < -0.3 is 35.6 Å². The third-order valence-electron chi connectivity index (χ3n) is 1.87. The van der Waals surface area contributed by atoms with Crippen LogP contribution in [0.5, 0.6) is 0 Å². The predicted octanol–water partition coefficient (Wildman–Crippen LogP) is -1.05. The summed E-state index contributed by atoms with van der Waals surface area (Å²) in [5, 5.41) is 0. The Morgan fingerprint density at radius 3 is 1.04 bits per heavy atom. The lowest BCUT2D eigenvalue weighted by molar-refractivity contribution is 0.133. The Morgan fingerprint density at radius 1 is 0.609 bits per heavy atom. The lowest BCUT2D eigenvalue weighted by atomic mass is 10.2. The highest BCUT2D eigenvalue weighted by Crippen LogP contribution is 2.00. The fourth-order valence-electron chi connectivity index (χ4n) is 1.06. The van der Waals surface area contributed by atoms with E-state index in [-0.39, 0.29) is 0 Å². The quantitative estimate of drug-likeness (QED) is 0.408. The molecule has 0 atom stereocenters. The summed E-state index contributed by atoms with van der Waals surface area (Å²) < 4.78 is 17.8. The molecule has 0 aliphatic carbocycles. The summed E-state index contributed by atoms with van der Waals surface area (Å²) in [6, 6.07) is 10.3. The highest BCUT2D eigenvalue weighted by Gasteiger charge is 2.33. The fourth-order valence-corrected chi connectivity index (χ4v) is 7.58. The molecule has 23 heavy (non-hydrogen) atoms. The molecule has 8 nitrogen and oxygen atoms in total. The second kappa shape index (κ2) is 16.6. The standard InChI is InChI=1S/C7H8.2C2H6.H8O8Si4/c1-7-5-3-2-4-6-7;2*1-2;1-9-5-10(2)7-12(4)8-11(3)6-9/h2-6H,1H3;2*1-2H3;1-4,9-12H. The van der Waals surface area contributed by atoms with E-state index in [2.05, 4.69) is 35.5 Å². The molecule has 0 saturated carbocycles. The summed E-state index contributed by atoms with van der Waals surface area (Å²) in [7, 11) is -12.1. The molecule has 4 N–H and O–H groups in total. The highest BCUT2D eigenvalue weighted by molar-refractivity contribution is 6.65. The van der Waals surface area contributed by atoms with Crippen molar-refractivity contribution in [1.29, 1.82) is 0 Å². The molecular formula is C11H28O8Si4. The molecule has 136 valence electrons. The monoisotopic (exact) mass is 400 g/mol. The maximum atomic E-state index is 8.86. The third-order valence-corrected chi connectivity index (χ3v) is 9.32. The van der Waals surface area contributed by atoms with Crippen molar-refractivity contribution in [2.24, 2.45) is 0 Å². The maximum absolute atomic E-state index is 8.86. The first-order valence-electron chi connectivity index (χ1n) is 7.33. The first kappa shape index (κ1) is 25.0. The molecule has 0 bridgehead atoms. The van der Waals surface area contributed by atoms with Gasteiger partial charge in [-0.2, -0.15) is 0 Å². The molecule has 1 saturated heterocycles. The summed E-state index contributed by atoms with van der Waals surface area (Å²) >= 11 is 0. The molecule has 0 amide bonds. The molecule has 12 heteroatoms. The largest absolute Gasteiger partial charge is 0.466 e. The van der Waals surface area contributed by atoms with Gasteiger partial charge in [-0.15, -0.1) is 0 Å². The lowest BCUT2D eigenvalue weighted by Crippen LogP contribution is -2.49. The van der Waals surface area contributed by atoms with Gasteiger partial charge in [0.1, 0.15) is 0 Å². The van der Waals surface area contributed by atoms with E-state index in [9.17, 15) is 0 Å². The summed E-state index contributed by atoms with van der Waals surface area (Å²) in [4.78, 5) is 35.4. The van der Waals surface area contributed by atoms with Crippen molar-refractivity contribution in [1.82, 2.24) is 0 Å². The fraction of sp³-hybridized carbons (Fsp3) is 0.455. The van der Waals surface area contributed by atoms with E-state index in [0.29, 0.717) is 0 Å². The minimum atomic E-state index is -3.03. The van der Waals surface area contributed by atoms with Crippen molar-refractivity contribution in [2.75, 3.05) is 0 Å². The van der Waals surface area contributed by atoms with Crippen LogP contribution in [-0.4, -0.2) is 57.3 Å². The molecule has 1 aliphatic heterocycles. The SMILES string of the molecule is CC.CC.Cc1ccccc1.O[SiH]1O[SiH](O)O[SiH](O)O[SiH](O)O1. The van der Waals surface area contributed by atoms with Crippen LogP contribution in [0.1, 0.15) is 33.3 Å². The van der Waals surface area contributed by atoms with Crippen molar-refractivity contribution >= 4 is 38.1 Å². The van der Waals surface area contributed by atoms with Gasteiger partial charge in [0, 0.05) is 0 Å². The third kappa shape index (κ3) is 15.1. The smallest absolute Gasteiger partial charge is 0.393 e. The average molecular weight is 401 g/mol. The summed E-state index contributed by atoms with van der Waals surface area (Å²) in [5.41, 5.74) is 1.32. The molecule has 0 unspecified atom stereocenters. The van der Waals surface area contributed by atoms with Crippen molar-refractivity contribution in [2.45, 2.75) is 34.6 Å².